The molecule has 0 aliphatic heterocycles. The van der Waals surface area contributed by atoms with Crippen molar-refractivity contribution >= 4 is 11.5 Å². The standard InChI is InChI=1S/C11H18N4O2/c1-7-9(15(16)17)10(12)14(13-7)8-5-4-6-11(8,2)3/h8H,4-6,12H2,1-3H3. The third-order valence-corrected chi connectivity index (χ3v) is 3.77. The van der Waals surface area contributed by atoms with Crippen molar-refractivity contribution in [3.8, 4) is 0 Å². The summed E-state index contributed by atoms with van der Waals surface area (Å²) in [4.78, 5) is 10.5. The van der Waals surface area contributed by atoms with Gasteiger partial charge in [0.15, 0.2) is 0 Å². The number of nitro groups is 1. The highest BCUT2D eigenvalue weighted by molar-refractivity contribution is 5.56. The normalized spacial score (nSPS) is 22.9. The summed E-state index contributed by atoms with van der Waals surface area (Å²) in [7, 11) is 0. The molecule has 0 radical (unpaired) electrons. The Hall–Kier alpha value is -1.59. The molecule has 94 valence electrons. The first-order valence-corrected chi connectivity index (χ1v) is 5.83. The molecule has 1 unspecified atom stereocenters. The summed E-state index contributed by atoms with van der Waals surface area (Å²) in [6.45, 7) is 5.95. The van der Waals surface area contributed by atoms with Crippen LogP contribution in [0.25, 0.3) is 0 Å². The van der Waals surface area contributed by atoms with Gasteiger partial charge < -0.3 is 5.73 Å². The first kappa shape index (κ1) is 11.9. The van der Waals surface area contributed by atoms with E-state index in [-0.39, 0.29) is 23.0 Å². The Morgan fingerprint density at radius 3 is 2.65 bits per heavy atom. The molecule has 0 bridgehead atoms. The minimum absolute atomic E-state index is 0.0484. The van der Waals surface area contributed by atoms with Gasteiger partial charge in [0.1, 0.15) is 5.69 Å². The van der Waals surface area contributed by atoms with Crippen LogP contribution in [0.3, 0.4) is 0 Å². The molecular formula is C11H18N4O2. The zero-order valence-electron chi connectivity index (χ0n) is 10.4. The van der Waals surface area contributed by atoms with Crippen LogP contribution in [0.15, 0.2) is 0 Å². The third kappa shape index (κ3) is 1.77. The van der Waals surface area contributed by atoms with Gasteiger partial charge in [-0.1, -0.05) is 20.3 Å². The maximum atomic E-state index is 10.9. The quantitative estimate of drug-likeness (QED) is 0.633. The van der Waals surface area contributed by atoms with Crippen molar-refractivity contribution in [1.29, 1.82) is 0 Å². The number of nitrogen functional groups attached to an aromatic ring is 1. The van der Waals surface area contributed by atoms with E-state index in [1.165, 1.54) is 0 Å². The SMILES string of the molecule is Cc1nn(C2CCCC2(C)C)c(N)c1[N+](=O)[O-]. The van der Waals surface area contributed by atoms with E-state index in [4.69, 9.17) is 5.73 Å². The minimum Gasteiger partial charge on any atom is -0.378 e. The van der Waals surface area contributed by atoms with Gasteiger partial charge >= 0.3 is 5.69 Å². The summed E-state index contributed by atoms with van der Waals surface area (Å²) in [6.07, 6.45) is 3.20. The summed E-state index contributed by atoms with van der Waals surface area (Å²) >= 11 is 0. The molecular weight excluding hydrogens is 220 g/mol. The fourth-order valence-electron chi connectivity index (χ4n) is 2.78. The molecule has 1 aromatic heterocycles. The summed E-state index contributed by atoms with van der Waals surface area (Å²) in [5.74, 6) is 0.187. The van der Waals surface area contributed by atoms with Crippen LogP contribution in [0.2, 0.25) is 0 Å². The smallest absolute Gasteiger partial charge is 0.333 e. The van der Waals surface area contributed by atoms with Gasteiger partial charge in [-0.3, -0.25) is 10.1 Å². The lowest BCUT2D eigenvalue weighted by molar-refractivity contribution is -0.384. The lowest BCUT2D eigenvalue weighted by Crippen LogP contribution is -2.23. The molecule has 0 saturated heterocycles. The second kappa shape index (κ2) is 3.72. The minimum atomic E-state index is -0.448. The van der Waals surface area contributed by atoms with Gasteiger partial charge in [-0.05, 0) is 25.2 Å². The number of nitrogens with zero attached hydrogens (tertiary/aromatic N) is 3. The molecule has 1 atom stereocenters. The first-order valence-electron chi connectivity index (χ1n) is 5.83. The van der Waals surface area contributed by atoms with Gasteiger partial charge in [0, 0.05) is 0 Å². The van der Waals surface area contributed by atoms with Crippen LogP contribution in [0.4, 0.5) is 11.5 Å². The van der Waals surface area contributed by atoms with Crippen LogP contribution in [0.5, 0.6) is 0 Å². The number of rotatable bonds is 2. The van der Waals surface area contributed by atoms with Crippen LogP contribution in [0, 0.1) is 22.5 Å². The van der Waals surface area contributed by atoms with Crippen LogP contribution in [0.1, 0.15) is 44.8 Å². The van der Waals surface area contributed by atoms with E-state index in [0.717, 1.165) is 19.3 Å². The third-order valence-electron chi connectivity index (χ3n) is 3.77. The van der Waals surface area contributed by atoms with Gasteiger partial charge in [0.05, 0.1) is 11.0 Å². The summed E-state index contributed by atoms with van der Waals surface area (Å²) in [6, 6.07) is 0.162. The molecule has 0 aromatic carbocycles. The van der Waals surface area contributed by atoms with E-state index in [2.05, 4.69) is 18.9 Å². The molecule has 17 heavy (non-hydrogen) atoms. The fourth-order valence-corrected chi connectivity index (χ4v) is 2.78. The molecule has 1 heterocycles. The summed E-state index contributed by atoms with van der Waals surface area (Å²) in [5, 5.41) is 15.2. The maximum Gasteiger partial charge on any atom is 0.333 e. The molecule has 0 spiro atoms. The second-order valence-electron chi connectivity index (χ2n) is 5.42. The lowest BCUT2D eigenvalue weighted by Gasteiger charge is -2.27. The van der Waals surface area contributed by atoms with Gasteiger partial charge in [-0.15, -0.1) is 0 Å². The molecule has 1 aliphatic rings. The van der Waals surface area contributed by atoms with Gasteiger partial charge in [0.2, 0.25) is 5.82 Å². The van der Waals surface area contributed by atoms with Crippen molar-refractivity contribution in [2.24, 2.45) is 5.41 Å². The summed E-state index contributed by atoms with van der Waals surface area (Å²) in [5.41, 5.74) is 6.31. The predicted molar refractivity (Wildman–Crippen MR) is 64.7 cm³/mol. The zero-order chi connectivity index (χ0) is 12.8. The molecule has 1 saturated carbocycles. The van der Waals surface area contributed by atoms with E-state index in [1.54, 1.807) is 11.6 Å². The average Bonchev–Trinajstić information content (AvgIpc) is 2.66. The topological polar surface area (TPSA) is 87.0 Å². The first-order chi connectivity index (χ1) is 7.84. The average molecular weight is 238 g/mol. The number of aryl methyl sites for hydroxylation is 1. The van der Waals surface area contributed by atoms with Crippen LogP contribution in [-0.4, -0.2) is 14.7 Å². The molecule has 1 aliphatic carbocycles. The Morgan fingerprint density at radius 1 is 1.59 bits per heavy atom. The Balaban J connectivity index is 2.47. The van der Waals surface area contributed by atoms with Crippen LogP contribution < -0.4 is 5.73 Å². The Labute approximate surface area is 99.9 Å². The van der Waals surface area contributed by atoms with Crippen molar-refractivity contribution in [3.63, 3.8) is 0 Å². The lowest BCUT2D eigenvalue weighted by atomic mass is 9.87. The van der Waals surface area contributed by atoms with Gasteiger partial charge in [-0.25, -0.2) is 4.68 Å². The Morgan fingerprint density at radius 2 is 2.24 bits per heavy atom. The van der Waals surface area contributed by atoms with Crippen LogP contribution >= 0.6 is 0 Å². The summed E-state index contributed by atoms with van der Waals surface area (Å²) < 4.78 is 1.65. The molecule has 2 N–H and O–H groups in total. The van der Waals surface area contributed by atoms with E-state index in [9.17, 15) is 10.1 Å². The van der Waals surface area contributed by atoms with Crippen molar-refractivity contribution < 1.29 is 4.92 Å². The monoisotopic (exact) mass is 238 g/mol. The van der Waals surface area contributed by atoms with E-state index < -0.39 is 4.92 Å². The number of nitrogens with two attached hydrogens (primary N) is 1. The van der Waals surface area contributed by atoms with E-state index >= 15 is 0 Å². The molecule has 1 fully saturated rings. The van der Waals surface area contributed by atoms with E-state index in [1.807, 2.05) is 0 Å². The highest BCUT2D eigenvalue weighted by Gasteiger charge is 2.39. The number of anilines is 1. The highest BCUT2D eigenvalue weighted by Crippen LogP contribution is 2.47. The molecule has 6 heteroatoms. The Kier molecular flexibility index (Phi) is 2.60. The van der Waals surface area contributed by atoms with Gasteiger partial charge in [-0.2, -0.15) is 5.10 Å². The highest BCUT2D eigenvalue weighted by atomic mass is 16.6. The largest absolute Gasteiger partial charge is 0.378 e. The van der Waals surface area contributed by atoms with Crippen molar-refractivity contribution in [2.75, 3.05) is 5.73 Å². The number of aromatic nitrogens is 2. The van der Waals surface area contributed by atoms with E-state index in [0.29, 0.717) is 5.69 Å². The second-order valence-corrected chi connectivity index (χ2v) is 5.42. The van der Waals surface area contributed by atoms with Crippen molar-refractivity contribution in [3.05, 3.63) is 15.8 Å². The molecule has 1 aromatic rings. The Bertz CT molecular complexity index is 464. The zero-order valence-corrected chi connectivity index (χ0v) is 10.4. The maximum absolute atomic E-state index is 10.9. The molecule has 2 rings (SSSR count). The predicted octanol–water partition coefficient (Wildman–Crippen LogP) is 2.43. The molecule has 6 nitrogen and oxygen atoms in total. The van der Waals surface area contributed by atoms with Crippen LogP contribution in [-0.2, 0) is 0 Å². The van der Waals surface area contributed by atoms with Gasteiger partial charge in [0.25, 0.3) is 0 Å². The fraction of sp³-hybridized carbons (Fsp3) is 0.727. The number of hydrogen-bond donors (Lipinski definition) is 1. The molecule has 0 amide bonds. The van der Waals surface area contributed by atoms with Crippen molar-refractivity contribution in [1.82, 2.24) is 9.78 Å². The number of hydrogen-bond acceptors (Lipinski definition) is 4. The van der Waals surface area contributed by atoms with Crippen molar-refractivity contribution in [2.45, 2.75) is 46.1 Å².